The molecule has 0 unspecified atom stereocenters. The SMILES string of the molecule is c1ccc(-c2nc(-c3cccc(-n4c5ccc(-c6ccc7c(c6)c6ccccc6n7-c6ccccc6)cc5c5cc(-c6ccc7c(c6)c6ccccc6n7-c6ccccc6)ccc54)c3)nc3ccc(-n4c5ccc(-c6ccc7c(c6)c6ccccc6n7-c6ccccc6)cc5c5cc(-c6ccc7c(c6)c6ccccc6n7-c6ccccc6)ccc54)cc23)cc1. The van der Waals surface area contributed by atoms with Gasteiger partial charge in [0.1, 0.15) is 0 Å². The summed E-state index contributed by atoms with van der Waals surface area (Å²) >= 11 is 0. The molecular weight excluding hydrogens is 1510 g/mol. The number of hydrogen-bond acceptors (Lipinski definition) is 2. The average Bonchev–Trinajstić information content (AvgIpc) is 1.01. The standard InChI is InChI=1S/C116H72N8/c1-6-25-73(26-7-1)115-101-72-88(124-113-61-51-80(76-47-57-109-95(66-76)91-39-18-22-43-105(91)121(109)85-32-12-4-13-33-85)70-99(113)100-71-81(52-62-114(100)124)77-48-58-110-96(67-77)92-40-19-23-44-106(92)122(110)86-34-14-5-15-35-86)53-54-102(101)117-116(118-115)82-27-24-36-87(63-82)123-111-59-49-78(74-45-55-107-93(64-74)89-37-16-20-41-103(89)119(107)83-28-8-2-9-29-83)68-97(111)98-69-79(50-60-112(98)123)75-46-56-108-94(65-75)90-38-17-21-42-104(90)120(108)84-30-10-3-11-31-84/h1-72H. The maximum absolute atomic E-state index is 5.72. The van der Waals surface area contributed by atoms with E-state index < -0.39 is 0 Å². The normalized spacial score (nSPS) is 12.0. The van der Waals surface area contributed by atoms with Gasteiger partial charge in [0.05, 0.1) is 77.4 Å². The first kappa shape index (κ1) is 69.3. The molecule has 576 valence electrons. The second kappa shape index (κ2) is 27.4. The van der Waals surface area contributed by atoms with E-state index in [4.69, 9.17) is 9.97 Å². The molecule has 0 aliphatic heterocycles. The molecule has 0 spiro atoms. The average molecular weight is 1580 g/mol. The smallest absolute Gasteiger partial charge is 0.160 e. The minimum Gasteiger partial charge on any atom is -0.309 e. The van der Waals surface area contributed by atoms with E-state index in [1.54, 1.807) is 0 Å². The predicted octanol–water partition coefficient (Wildman–Crippen LogP) is 30.2. The molecule has 0 fully saturated rings. The van der Waals surface area contributed by atoms with Crippen LogP contribution in [0.2, 0.25) is 0 Å². The Hall–Kier alpha value is -16.7. The van der Waals surface area contributed by atoms with Gasteiger partial charge in [0.15, 0.2) is 5.82 Å². The lowest BCUT2D eigenvalue weighted by atomic mass is 9.98. The first-order valence-corrected chi connectivity index (χ1v) is 42.5. The number of benzene rings is 19. The zero-order chi connectivity index (χ0) is 81.2. The Morgan fingerprint density at radius 2 is 0.363 bits per heavy atom. The maximum Gasteiger partial charge on any atom is 0.160 e. The molecule has 7 aromatic heterocycles. The van der Waals surface area contributed by atoms with Gasteiger partial charge in [-0.2, -0.15) is 0 Å². The molecule has 7 heterocycles. The Morgan fingerprint density at radius 3 is 0.669 bits per heavy atom. The van der Waals surface area contributed by atoms with Gasteiger partial charge < -0.3 is 27.4 Å². The van der Waals surface area contributed by atoms with Gasteiger partial charge in [-0.3, -0.25) is 0 Å². The van der Waals surface area contributed by atoms with Crippen molar-refractivity contribution < 1.29 is 0 Å². The number of hydrogen-bond donors (Lipinski definition) is 0. The van der Waals surface area contributed by atoms with Crippen LogP contribution in [0.3, 0.4) is 0 Å². The topological polar surface area (TPSA) is 55.4 Å². The lowest BCUT2D eigenvalue weighted by Gasteiger charge is -2.14. The van der Waals surface area contributed by atoms with Crippen LogP contribution in [0.4, 0.5) is 0 Å². The molecule has 0 bridgehead atoms. The van der Waals surface area contributed by atoms with Crippen LogP contribution in [0.1, 0.15) is 0 Å². The van der Waals surface area contributed by atoms with Crippen molar-refractivity contribution >= 4 is 142 Å². The molecule has 26 rings (SSSR count). The highest BCUT2D eigenvalue weighted by Gasteiger charge is 2.25. The first-order valence-electron chi connectivity index (χ1n) is 42.5. The van der Waals surface area contributed by atoms with Crippen LogP contribution in [0.15, 0.2) is 437 Å². The largest absolute Gasteiger partial charge is 0.309 e. The van der Waals surface area contributed by atoms with E-state index in [2.05, 4.69) is 464 Å². The van der Waals surface area contributed by atoms with Crippen LogP contribution in [0.25, 0.3) is 243 Å². The summed E-state index contributed by atoms with van der Waals surface area (Å²) in [6.07, 6.45) is 0. The maximum atomic E-state index is 5.72. The summed E-state index contributed by atoms with van der Waals surface area (Å²) in [4.78, 5) is 11.3. The molecule has 0 aliphatic rings. The highest BCUT2D eigenvalue weighted by molar-refractivity contribution is 6.18. The minimum atomic E-state index is 0.641. The summed E-state index contributed by atoms with van der Waals surface area (Å²) in [5.74, 6) is 0.641. The molecule has 0 saturated heterocycles. The molecule has 19 aromatic carbocycles. The summed E-state index contributed by atoms with van der Waals surface area (Å²) in [5, 5.41) is 15.3. The third-order valence-corrected chi connectivity index (χ3v) is 26.0. The van der Waals surface area contributed by atoms with Gasteiger partial charge >= 0.3 is 0 Å². The Morgan fingerprint density at radius 1 is 0.129 bits per heavy atom. The molecule has 8 nitrogen and oxygen atoms in total. The highest BCUT2D eigenvalue weighted by atomic mass is 15.0. The molecule has 26 aromatic rings. The number of fused-ring (bicyclic) bond motifs is 19. The van der Waals surface area contributed by atoms with Gasteiger partial charge in [-0.1, -0.05) is 237 Å². The lowest BCUT2D eigenvalue weighted by Crippen LogP contribution is -1.99. The summed E-state index contributed by atoms with van der Waals surface area (Å²) in [7, 11) is 0. The van der Waals surface area contributed by atoms with Gasteiger partial charge in [0, 0.05) is 115 Å². The van der Waals surface area contributed by atoms with E-state index >= 15 is 0 Å². The van der Waals surface area contributed by atoms with E-state index in [0.717, 1.165) is 150 Å². The van der Waals surface area contributed by atoms with E-state index in [0.29, 0.717) is 5.82 Å². The molecule has 0 saturated carbocycles. The Labute approximate surface area is 712 Å². The number of aromatic nitrogens is 8. The fraction of sp³-hybridized carbons (Fsp3) is 0. The van der Waals surface area contributed by atoms with Crippen molar-refractivity contribution in [3.8, 4) is 101 Å². The Balaban J connectivity index is 0.624. The molecule has 0 amide bonds. The van der Waals surface area contributed by atoms with Crippen molar-refractivity contribution in [1.82, 2.24) is 37.4 Å². The van der Waals surface area contributed by atoms with Gasteiger partial charge in [-0.25, -0.2) is 9.97 Å². The zero-order valence-corrected chi connectivity index (χ0v) is 67.1. The third-order valence-electron chi connectivity index (χ3n) is 26.0. The fourth-order valence-corrected chi connectivity index (χ4v) is 20.3. The van der Waals surface area contributed by atoms with Crippen LogP contribution in [0, 0.1) is 0 Å². The van der Waals surface area contributed by atoms with Gasteiger partial charge in [0.2, 0.25) is 0 Å². The van der Waals surface area contributed by atoms with Gasteiger partial charge in [0.25, 0.3) is 0 Å². The minimum absolute atomic E-state index is 0.641. The van der Waals surface area contributed by atoms with Crippen molar-refractivity contribution in [3.63, 3.8) is 0 Å². The molecule has 0 atom stereocenters. The first-order chi connectivity index (χ1) is 61.5. The van der Waals surface area contributed by atoms with E-state index in [9.17, 15) is 0 Å². The molecule has 0 aliphatic carbocycles. The third kappa shape index (κ3) is 10.8. The van der Waals surface area contributed by atoms with Crippen LogP contribution >= 0.6 is 0 Å². The van der Waals surface area contributed by atoms with Crippen LogP contribution < -0.4 is 0 Å². The van der Waals surface area contributed by atoms with Crippen molar-refractivity contribution in [2.75, 3.05) is 0 Å². The number of para-hydroxylation sites is 8. The molecule has 0 N–H and O–H groups in total. The van der Waals surface area contributed by atoms with Crippen molar-refractivity contribution in [1.29, 1.82) is 0 Å². The van der Waals surface area contributed by atoms with E-state index in [1.807, 2.05) is 0 Å². The van der Waals surface area contributed by atoms with Crippen molar-refractivity contribution in [2.45, 2.75) is 0 Å². The summed E-state index contributed by atoms with van der Waals surface area (Å²) in [6.45, 7) is 0. The molecular formula is C116H72N8. The second-order valence-corrected chi connectivity index (χ2v) is 32.8. The van der Waals surface area contributed by atoms with Crippen LogP contribution in [-0.4, -0.2) is 37.4 Å². The Kier molecular flexibility index (Phi) is 15.3. The number of nitrogens with zero attached hydrogens (tertiary/aromatic N) is 8. The highest BCUT2D eigenvalue weighted by Crippen LogP contribution is 2.47. The monoisotopic (exact) mass is 1580 g/mol. The summed E-state index contributed by atoms with van der Waals surface area (Å²) in [5.41, 5.74) is 33.2. The van der Waals surface area contributed by atoms with Gasteiger partial charge in [-0.05, 0) is 245 Å². The number of rotatable bonds is 12. The van der Waals surface area contributed by atoms with E-state index in [1.165, 1.54) is 87.2 Å². The molecule has 0 radical (unpaired) electrons. The predicted molar refractivity (Wildman–Crippen MR) is 518 cm³/mol. The lowest BCUT2D eigenvalue weighted by molar-refractivity contribution is 1.16. The van der Waals surface area contributed by atoms with Crippen LogP contribution in [0.5, 0.6) is 0 Å². The summed E-state index contributed by atoms with van der Waals surface area (Å²) in [6, 6.07) is 160. The summed E-state index contributed by atoms with van der Waals surface area (Å²) < 4.78 is 14.4. The second-order valence-electron chi connectivity index (χ2n) is 32.8. The Bertz CT molecular complexity index is 8480. The molecule has 8 heteroatoms. The fourth-order valence-electron chi connectivity index (χ4n) is 20.3. The molecule has 124 heavy (non-hydrogen) atoms. The van der Waals surface area contributed by atoms with Crippen LogP contribution in [-0.2, 0) is 0 Å². The van der Waals surface area contributed by atoms with Crippen molar-refractivity contribution in [2.24, 2.45) is 0 Å². The quantitative estimate of drug-likeness (QED) is 0.122. The van der Waals surface area contributed by atoms with E-state index in [-0.39, 0.29) is 0 Å². The van der Waals surface area contributed by atoms with Crippen molar-refractivity contribution in [3.05, 3.63) is 437 Å². The van der Waals surface area contributed by atoms with Gasteiger partial charge in [-0.15, -0.1) is 0 Å². The zero-order valence-electron chi connectivity index (χ0n) is 67.1.